The third-order valence-electron chi connectivity index (χ3n) is 4.80. The van der Waals surface area contributed by atoms with Crippen molar-refractivity contribution in [3.8, 4) is 22.9 Å². The summed E-state index contributed by atoms with van der Waals surface area (Å²) in [5.41, 5.74) is 1.92. The highest BCUT2D eigenvalue weighted by molar-refractivity contribution is 7.90. The molecule has 0 saturated heterocycles. The van der Waals surface area contributed by atoms with Crippen LogP contribution in [0.15, 0.2) is 59.5 Å². The second-order valence-electron chi connectivity index (χ2n) is 6.88. The maximum Gasteiger partial charge on any atom is 0.335 e. The number of carbonyl (C=O) groups is 1. The summed E-state index contributed by atoms with van der Waals surface area (Å²) in [6.07, 6.45) is 0. The van der Waals surface area contributed by atoms with Crippen molar-refractivity contribution in [2.75, 3.05) is 7.11 Å². The van der Waals surface area contributed by atoms with Crippen molar-refractivity contribution in [1.82, 2.24) is 0 Å². The molecule has 0 bridgehead atoms. The maximum atomic E-state index is 13.8. The van der Waals surface area contributed by atoms with Gasteiger partial charge in [-0.05, 0) is 71.6 Å². The van der Waals surface area contributed by atoms with E-state index in [9.17, 15) is 28.0 Å². The van der Waals surface area contributed by atoms with E-state index < -0.39 is 27.4 Å². The molecule has 0 unspecified atom stereocenters. The minimum atomic E-state index is -4.08. The maximum absolute atomic E-state index is 13.8. The molecule has 3 aromatic carbocycles. The van der Waals surface area contributed by atoms with Gasteiger partial charge >= 0.3 is 5.97 Å². The van der Waals surface area contributed by atoms with Gasteiger partial charge in [0.1, 0.15) is 16.5 Å². The second kappa shape index (κ2) is 8.58. The Morgan fingerprint density at radius 1 is 1.16 bits per heavy atom. The number of hydrogen-bond donors (Lipinski definition) is 1. The number of carboxylic acid groups (broad SMARTS) is 1. The normalized spacial score (nSPS) is 11.0. The van der Waals surface area contributed by atoms with Gasteiger partial charge in [-0.2, -0.15) is 5.26 Å². The zero-order valence-corrected chi connectivity index (χ0v) is 17.5. The molecule has 0 fully saturated rings. The summed E-state index contributed by atoms with van der Waals surface area (Å²) < 4.78 is 45.5. The van der Waals surface area contributed by atoms with Gasteiger partial charge in [0.05, 0.1) is 30.1 Å². The van der Waals surface area contributed by atoms with Gasteiger partial charge < -0.3 is 9.84 Å². The number of aryl methyl sites for hydroxylation is 1. The van der Waals surface area contributed by atoms with Gasteiger partial charge in [0.2, 0.25) is 0 Å². The standard InChI is InChI=1S/C23H18FNO5S/c1-14-8-20(15-4-3-5-19(24)10-15)18(9-17(14)12-25)13-31(28,29)22-11-16(23(26)27)6-7-21(22)30-2/h3-11H,13H2,1-2H3,(H,26,27). The largest absolute Gasteiger partial charge is 0.495 e. The monoisotopic (exact) mass is 439 g/mol. The van der Waals surface area contributed by atoms with Crippen molar-refractivity contribution in [2.24, 2.45) is 0 Å². The number of halogens is 1. The molecular formula is C23H18FNO5S. The third-order valence-corrected chi connectivity index (χ3v) is 6.48. The van der Waals surface area contributed by atoms with Crippen LogP contribution in [0.1, 0.15) is 27.0 Å². The van der Waals surface area contributed by atoms with E-state index in [1.807, 2.05) is 6.07 Å². The molecule has 31 heavy (non-hydrogen) atoms. The van der Waals surface area contributed by atoms with E-state index in [4.69, 9.17) is 4.74 Å². The number of nitrogens with zero attached hydrogens (tertiary/aromatic N) is 1. The Morgan fingerprint density at radius 3 is 2.52 bits per heavy atom. The van der Waals surface area contributed by atoms with Crippen LogP contribution in [0.25, 0.3) is 11.1 Å². The molecule has 0 radical (unpaired) electrons. The minimum absolute atomic E-state index is 0.00456. The van der Waals surface area contributed by atoms with Crippen molar-refractivity contribution >= 4 is 15.8 Å². The van der Waals surface area contributed by atoms with Crippen LogP contribution in [-0.4, -0.2) is 26.6 Å². The van der Waals surface area contributed by atoms with Crippen LogP contribution < -0.4 is 4.74 Å². The summed E-state index contributed by atoms with van der Waals surface area (Å²) in [6.45, 7) is 1.71. The van der Waals surface area contributed by atoms with Crippen molar-refractivity contribution in [3.05, 3.63) is 82.7 Å². The van der Waals surface area contributed by atoms with Crippen LogP contribution in [0.3, 0.4) is 0 Å². The molecule has 3 aromatic rings. The van der Waals surface area contributed by atoms with E-state index in [1.165, 1.54) is 43.5 Å². The smallest absolute Gasteiger partial charge is 0.335 e. The predicted octanol–water partition coefficient (Wildman–Crippen LogP) is 4.35. The van der Waals surface area contributed by atoms with Gasteiger partial charge in [-0.15, -0.1) is 0 Å². The summed E-state index contributed by atoms with van der Waals surface area (Å²) in [7, 11) is -2.80. The van der Waals surface area contributed by atoms with E-state index in [2.05, 4.69) is 0 Å². The highest BCUT2D eigenvalue weighted by Crippen LogP contribution is 2.33. The summed E-state index contributed by atoms with van der Waals surface area (Å²) in [5.74, 6) is -2.29. The van der Waals surface area contributed by atoms with Gasteiger partial charge in [-0.3, -0.25) is 0 Å². The number of aromatic carboxylic acids is 1. The van der Waals surface area contributed by atoms with Crippen LogP contribution >= 0.6 is 0 Å². The Hall–Kier alpha value is -3.70. The van der Waals surface area contributed by atoms with Gasteiger partial charge in [-0.1, -0.05) is 12.1 Å². The first-order valence-corrected chi connectivity index (χ1v) is 10.7. The first-order chi connectivity index (χ1) is 14.7. The Bertz CT molecular complexity index is 1330. The van der Waals surface area contributed by atoms with Crippen LogP contribution in [0.4, 0.5) is 4.39 Å². The van der Waals surface area contributed by atoms with Crippen molar-refractivity contribution < 1.29 is 27.4 Å². The van der Waals surface area contributed by atoms with Gasteiger partial charge in [-0.25, -0.2) is 17.6 Å². The molecule has 158 valence electrons. The molecule has 0 aliphatic heterocycles. The highest BCUT2D eigenvalue weighted by atomic mass is 32.2. The average molecular weight is 439 g/mol. The van der Waals surface area contributed by atoms with Crippen LogP contribution in [0.5, 0.6) is 5.75 Å². The molecule has 0 spiro atoms. The number of hydrogen-bond acceptors (Lipinski definition) is 5. The first-order valence-electron chi connectivity index (χ1n) is 9.10. The number of ether oxygens (including phenoxy) is 1. The molecule has 0 amide bonds. The van der Waals surface area contributed by atoms with E-state index in [-0.39, 0.29) is 27.3 Å². The molecule has 8 heteroatoms. The van der Waals surface area contributed by atoms with Crippen LogP contribution in [0, 0.1) is 24.1 Å². The van der Waals surface area contributed by atoms with Crippen LogP contribution in [0.2, 0.25) is 0 Å². The summed E-state index contributed by atoms with van der Waals surface area (Å²) in [5, 5.41) is 18.6. The number of rotatable bonds is 6. The number of sulfone groups is 1. The number of methoxy groups -OCH3 is 1. The minimum Gasteiger partial charge on any atom is -0.495 e. The quantitative estimate of drug-likeness (QED) is 0.612. The molecular weight excluding hydrogens is 421 g/mol. The topological polar surface area (TPSA) is 104 Å². The van der Waals surface area contributed by atoms with Crippen molar-refractivity contribution in [1.29, 1.82) is 5.26 Å². The summed E-state index contributed by atoms with van der Waals surface area (Å²) >= 11 is 0. The summed E-state index contributed by atoms with van der Waals surface area (Å²) in [4.78, 5) is 11.0. The molecule has 0 atom stereocenters. The Kier molecular flexibility index (Phi) is 6.09. The molecule has 0 aliphatic carbocycles. The summed E-state index contributed by atoms with van der Waals surface area (Å²) in [6, 6.07) is 14.4. The Labute approximate surface area is 179 Å². The fourth-order valence-electron chi connectivity index (χ4n) is 3.25. The lowest BCUT2D eigenvalue weighted by Gasteiger charge is -2.15. The van der Waals surface area contributed by atoms with Crippen LogP contribution in [-0.2, 0) is 15.6 Å². The predicted molar refractivity (Wildman–Crippen MR) is 112 cm³/mol. The lowest BCUT2D eigenvalue weighted by atomic mass is 9.95. The van der Waals surface area contributed by atoms with Crippen molar-refractivity contribution in [2.45, 2.75) is 17.6 Å². The molecule has 0 aliphatic rings. The fourth-order valence-corrected chi connectivity index (χ4v) is 4.82. The lowest BCUT2D eigenvalue weighted by molar-refractivity contribution is 0.0696. The molecule has 6 nitrogen and oxygen atoms in total. The van der Waals surface area contributed by atoms with Gasteiger partial charge in [0.15, 0.2) is 9.84 Å². The zero-order valence-electron chi connectivity index (χ0n) is 16.7. The molecule has 1 N–H and O–H groups in total. The highest BCUT2D eigenvalue weighted by Gasteiger charge is 2.24. The average Bonchev–Trinajstić information content (AvgIpc) is 2.73. The SMILES string of the molecule is COc1ccc(C(=O)O)cc1S(=O)(=O)Cc1cc(C#N)c(C)cc1-c1cccc(F)c1. The van der Waals surface area contributed by atoms with E-state index in [0.29, 0.717) is 16.7 Å². The van der Waals surface area contributed by atoms with Crippen molar-refractivity contribution in [3.63, 3.8) is 0 Å². The fraction of sp³-hybridized carbons (Fsp3) is 0.130. The lowest BCUT2D eigenvalue weighted by Crippen LogP contribution is -2.10. The molecule has 0 heterocycles. The van der Waals surface area contributed by atoms with Gasteiger partial charge in [0.25, 0.3) is 0 Å². The van der Waals surface area contributed by atoms with E-state index >= 15 is 0 Å². The first kappa shape index (κ1) is 22.0. The molecule has 3 rings (SSSR count). The third kappa shape index (κ3) is 4.57. The molecule has 0 saturated carbocycles. The number of benzene rings is 3. The Morgan fingerprint density at radius 2 is 1.90 bits per heavy atom. The van der Waals surface area contributed by atoms with E-state index in [0.717, 1.165) is 6.07 Å². The molecule has 0 aromatic heterocycles. The van der Waals surface area contributed by atoms with E-state index in [1.54, 1.807) is 19.1 Å². The zero-order chi connectivity index (χ0) is 22.8. The Balaban J connectivity index is 2.19. The van der Waals surface area contributed by atoms with Gasteiger partial charge in [0, 0.05) is 0 Å². The second-order valence-corrected chi connectivity index (χ2v) is 8.83. The number of nitriles is 1. The number of carboxylic acids is 1.